The van der Waals surface area contributed by atoms with Crippen LogP contribution < -0.4 is 16.0 Å². The first-order valence-electron chi connectivity index (χ1n) is 5.71. The molecule has 1 unspecified atom stereocenters. The Labute approximate surface area is 122 Å². The monoisotopic (exact) mass is 346 g/mol. The van der Waals surface area contributed by atoms with Crippen molar-refractivity contribution < 1.29 is 13.5 Å². The second-order valence-electron chi connectivity index (χ2n) is 4.05. The summed E-state index contributed by atoms with van der Waals surface area (Å²) in [5.74, 6) is 5.69. The number of ether oxygens (including phenoxy) is 1. The van der Waals surface area contributed by atoms with E-state index in [0.717, 1.165) is 15.7 Å². The Morgan fingerprint density at radius 3 is 2.45 bits per heavy atom. The lowest BCUT2D eigenvalue weighted by molar-refractivity contribution is -0.0498. The predicted octanol–water partition coefficient (Wildman–Crippen LogP) is 2.34. The number of rotatable bonds is 5. The standard InChI is InChI=1S/C12H13BrF2N4O/c1-19-11(9(13)6-17-19)10(18-16)7-2-4-8(5-3-7)20-12(14)15/h2-6,10,12,18H,16H2,1H3. The Kier molecular flexibility index (Phi) is 4.69. The molecule has 1 atom stereocenters. The molecule has 2 rings (SSSR count). The molecule has 0 saturated heterocycles. The largest absolute Gasteiger partial charge is 0.435 e. The van der Waals surface area contributed by atoms with Crippen molar-refractivity contribution >= 4 is 15.9 Å². The zero-order valence-electron chi connectivity index (χ0n) is 10.6. The number of hydrogen-bond acceptors (Lipinski definition) is 4. The number of alkyl halides is 2. The molecule has 0 amide bonds. The third-order valence-electron chi connectivity index (χ3n) is 2.82. The van der Waals surface area contributed by atoms with E-state index in [1.54, 1.807) is 30.1 Å². The number of halogens is 3. The molecule has 0 spiro atoms. The number of aryl methyl sites for hydroxylation is 1. The van der Waals surface area contributed by atoms with Crippen molar-refractivity contribution in [3.05, 3.63) is 46.2 Å². The van der Waals surface area contributed by atoms with Gasteiger partial charge in [0.15, 0.2) is 0 Å². The summed E-state index contributed by atoms with van der Waals surface area (Å²) in [4.78, 5) is 0. The Morgan fingerprint density at radius 2 is 2.00 bits per heavy atom. The van der Waals surface area contributed by atoms with Crippen molar-refractivity contribution in [2.75, 3.05) is 0 Å². The van der Waals surface area contributed by atoms with Crippen LogP contribution in [0.3, 0.4) is 0 Å². The van der Waals surface area contributed by atoms with Gasteiger partial charge in [-0.05, 0) is 33.6 Å². The van der Waals surface area contributed by atoms with E-state index in [1.807, 2.05) is 0 Å². The Balaban J connectivity index is 2.29. The number of hydrazine groups is 1. The molecule has 0 saturated carbocycles. The highest BCUT2D eigenvalue weighted by molar-refractivity contribution is 9.10. The molecule has 8 heteroatoms. The van der Waals surface area contributed by atoms with E-state index in [9.17, 15) is 8.78 Å². The SMILES string of the molecule is Cn1ncc(Br)c1C(NN)c1ccc(OC(F)F)cc1. The molecule has 1 aromatic heterocycles. The van der Waals surface area contributed by atoms with Crippen LogP contribution >= 0.6 is 15.9 Å². The molecule has 5 nitrogen and oxygen atoms in total. The van der Waals surface area contributed by atoms with Crippen LogP contribution in [0.5, 0.6) is 5.75 Å². The lowest BCUT2D eigenvalue weighted by Crippen LogP contribution is -2.30. The van der Waals surface area contributed by atoms with E-state index in [0.29, 0.717) is 0 Å². The van der Waals surface area contributed by atoms with Crippen LogP contribution in [-0.4, -0.2) is 16.4 Å². The third-order valence-corrected chi connectivity index (χ3v) is 3.43. The maximum absolute atomic E-state index is 12.1. The van der Waals surface area contributed by atoms with E-state index in [2.05, 4.69) is 31.2 Å². The van der Waals surface area contributed by atoms with Crippen LogP contribution in [0.1, 0.15) is 17.3 Å². The minimum absolute atomic E-state index is 0.101. The highest BCUT2D eigenvalue weighted by atomic mass is 79.9. The Hall–Kier alpha value is -1.51. The molecule has 0 radical (unpaired) electrons. The van der Waals surface area contributed by atoms with Crippen LogP contribution in [-0.2, 0) is 7.05 Å². The summed E-state index contributed by atoms with van der Waals surface area (Å²) in [6, 6.07) is 5.95. The van der Waals surface area contributed by atoms with Gasteiger partial charge in [0.2, 0.25) is 0 Å². The van der Waals surface area contributed by atoms with Crippen LogP contribution in [0.15, 0.2) is 34.9 Å². The quantitative estimate of drug-likeness (QED) is 0.644. The van der Waals surface area contributed by atoms with Gasteiger partial charge in [0.1, 0.15) is 5.75 Å². The molecular weight excluding hydrogens is 334 g/mol. The molecule has 0 aliphatic heterocycles. The number of nitrogens with one attached hydrogen (secondary N) is 1. The molecule has 0 aliphatic carbocycles. The molecule has 0 bridgehead atoms. The van der Waals surface area contributed by atoms with Gasteiger partial charge >= 0.3 is 6.61 Å². The molecule has 0 aliphatic rings. The maximum Gasteiger partial charge on any atom is 0.387 e. The summed E-state index contributed by atoms with van der Waals surface area (Å²) in [5, 5.41) is 4.12. The lowest BCUT2D eigenvalue weighted by atomic mass is 10.0. The van der Waals surface area contributed by atoms with Crippen LogP contribution in [0, 0.1) is 0 Å². The summed E-state index contributed by atoms with van der Waals surface area (Å²) in [6.45, 7) is -2.84. The predicted molar refractivity (Wildman–Crippen MR) is 73.1 cm³/mol. The first-order chi connectivity index (χ1) is 9.52. The summed E-state index contributed by atoms with van der Waals surface area (Å²) >= 11 is 3.40. The van der Waals surface area contributed by atoms with E-state index in [1.165, 1.54) is 12.1 Å². The molecule has 20 heavy (non-hydrogen) atoms. The fourth-order valence-electron chi connectivity index (χ4n) is 1.92. The van der Waals surface area contributed by atoms with Gasteiger partial charge in [-0.2, -0.15) is 13.9 Å². The van der Waals surface area contributed by atoms with Gasteiger partial charge in [0, 0.05) is 7.05 Å². The van der Waals surface area contributed by atoms with Gasteiger partial charge < -0.3 is 4.74 Å². The minimum atomic E-state index is -2.84. The number of nitrogens with zero attached hydrogens (tertiary/aromatic N) is 2. The van der Waals surface area contributed by atoms with Gasteiger partial charge in [-0.3, -0.25) is 10.5 Å². The van der Waals surface area contributed by atoms with Gasteiger partial charge in [0.05, 0.1) is 22.4 Å². The van der Waals surface area contributed by atoms with E-state index in [4.69, 9.17) is 5.84 Å². The fourth-order valence-corrected chi connectivity index (χ4v) is 2.50. The second kappa shape index (κ2) is 6.29. The molecule has 2 aromatic rings. The zero-order chi connectivity index (χ0) is 14.7. The zero-order valence-corrected chi connectivity index (χ0v) is 12.1. The van der Waals surface area contributed by atoms with Crippen molar-refractivity contribution in [2.24, 2.45) is 12.9 Å². The molecule has 3 N–H and O–H groups in total. The van der Waals surface area contributed by atoms with Crippen LogP contribution in [0.4, 0.5) is 8.78 Å². The van der Waals surface area contributed by atoms with Crippen molar-refractivity contribution in [3.63, 3.8) is 0 Å². The summed E-state index contributed by atoms with van der Waals surface area (Å²) < 4.78 is 31.0. The fraction of sp³-hybridized carbons (Fsp3) is 0.250. The highest BCUT2D eigenvalue weighted by Gasteiger charge is 2.19. The summed E-state index contributed by atoms with van der Waals surface area (Å²) in [7, 11) is 1.79. The minimum Gasteiger partial charge on any atom is -0.435 e. The van der Waals surface area contributed by atoms with Gasteiger partial charge in [0.25, 0.3) is 0 Å². The van der Waals surface area contributed by atoms with Crippen LogP contribution in [0.2, 0.25) is 0 Å². The second-order valence-corrected chi connectivity index (χ2v) is 4.90. The molecular formula is C12H13BrF2N4O. The number of nitrogens with two attached hydrogens (primary N) is 1. The van der Waals surface area contributed by atoms with Crippen molar-refractivity contribution in [2.45, 2.75) is 12.7 Å². The number of hydrogen-bond donors (Lipinski definition) is 2. The van der Waals surface area contributed by atoms with Gasteiger partial charge in [-0.1, -0.05) is 12.1 Å². The average Bonchev–Trinajstić information content (AvgIpc) is 2.73. The molecule has 1 aromatic carbocycles. The smallest absolute Gasteiger partial charge is 0.387 e. The first kappa shape index (κ1) is 14.9. The maximum atomic E-state index is 12.1. The van der Waals surface area contributed by atoms with E-state index < -0.39 is 6.61 Å². The molecule has 0 fully saturated rings. The van der Waals surface area contributed by atoms with Crippen molar-refractivity contribution in [1.82, 2.24) is 15.2 Å². The normalized spacial score (nSPS) is 12.7. The lowest BCUT2D eigenvalue weighted by Gasteiger charge is -2.18. The summed E-state index contributed by atoms with van der Waals surface area (Å²) in [5.41, 5.74) is 4.32. The molecule has 108 valence electrons. The van der Waals surface area contributed by atoms with Gasteiger partial charge in [-0.15, -0.1) is 0 Å². The Bertz CT molecular complexity index is 554. The molecule has 1 heterocycles. The topological polar surface area (TPSA) is 65.1 Å². The number of aromatic nitrogens is 2. The Morgan fingerprint density at radius 1 is 1.35 bits per heavy atom. The van der Waals surface area contributed by atoms with E-state index >= 15 is 0 Å². The van der Waals surface area contributed by atoms with Crippen LogP contribution in [0.25, 0.3) is 0 Å². The van der Waals surface area contributed by atoms with E-state index in [-0.39, 0.29) is 11.8 Å². The highest BCUT2D eigenvalue weighted by Crippen LogP contribution is 2.28. The van der Waals surface area contributed by atoms with Crippen molar-refractivity contribution in [1.29, 1.82) is 0 Å². The van der Waals surface area contributed by atoms with Crippen molar-refractivity contribution in [3.8, 4) is 5.75 Å². The number of benzene rings is 1. The average molecular weight is 347 g/mol. The van der Waals surface area contributed by atoms with Gasteiger partial charge in [-0.25, -0.2) is 5.43 Å². The third kappa shape index (κ3) is 3.14. The first-order valence-corrected chi connectivity index (χ1v) is 6.50. The summed E-state index contributed by atoms with van der Waals surface area (Å²) in [6.07, 6.45) is 1.66.